The predicted octanol–water partition coefficient (Wildman–Crippen LogP) is 3.15. The zero-order valence-electron chi connectivity index (χ0n) is 14.6. The molecule has 0 aliphatic rings. The Balaban J connectivity index is 2.30. The number of hydrogen-bond acceptors (Lipinski definition) is 5. The monoisotopic (exact) mass is 413 g/mol. The third kappa shape index (κ3) is 3.33. The summed E-state index contributed by atoms with van der Waals surface area (Å²) in [5, 5.41) is 9.15. The van der Waals surface area contributed by atoms with Crippen LogP contribution in [0.3, 0.4) is 0 Å². The quantitative estimate of drug-likeness (QED) is 0.705. The number of hydrogen-bond donors (Lipinski definition) is 1. The lowest BCUT2D eigenvalue weighted by molar-refractivity contribution is -0.137. The number of sulfone groups is 1. The molecule has 0 aliphatic carbocycles. The third-order valence-corrected chi connectivity index (χ3v) is 5.99. The molecule has 0 amide bonds. The number of halogens is 3. The highest BCUT2D eigenvalue weighted by atomic mass is 32.2. The molecule has 148 valence electrons. The number of carboxylic acid groups (broad SMARTS) is 1. The average molecular weight is 413 g/mol. The second kappa shape index (κ2) is 6.59. The van der Waals surface area contributed by atoms with E-state index in [1.807, 2.05) is 0 Å². The van der Waals surface area contributed by atoms with Crippen molar-refractivity contribution >= 4 is 27.0 Å². The second-order valence-corrected chi connectivity index (χ2v) is 8.23. The number of alkyl halides is 3. The minimum absolute atomic E-state index is 0.0607. The Kier molecular flexibility index (Phi) is 4.66. The van der Waals surface area contributed by atoms with Crippen molar-refractivity contribution in [2.45, 2.75) is 18.0 Å². The first kappa shape index (κ1) is 19.8. The van der Waals surface area contributed by atoms with Crippen molar-refractivity contribution in [3.05, 3.63) is 41.6 Å². The Labute approximate surface area is 157 Å². The van der Waals surface area contributed by atoms with E-state index < -0.39 is 27.5 Å². The van der Waals surface area contributed by atoms with Gasteiger partial charge in [-0.25, -0.2) is 23.2 Å². The van der Waals surface area contributed by atoms with Crippen LogP contribution in [0.2, 0.25) is 0 Å². The van der Waals surface area contributed by atoms with Gasteiger partial charge in [-0.2, -0.15) is 13.2 Å². The van der Waals surface area contributed by atoms with E-state index in [1.165, 1.54) is 30.7 Å². The first-order valence-corrected chi connectivity index (χ1v) is 9.61. The van der Waals surface area contributed by atoms with Gasteiger partial charge in [0.15, 0.2) is 15.5 Å². The van der Waals surface area contributed by atoms with Crippen molar-refractivity contribution < 1.29 is 31.5 Å². The van der Waals surface area contributed by atoms with Crippen LogP contribution in [0.25, 0.3) is 22.6 Å². The summed E-state index contributed by atoms with van der Waals surface area (Å²) in [6, 6.07) is 4.33. The first-order valence-electron chi connectivity index (χ1n) is 7.96. The Morgan fingerprint density at radius 3 is 2.50 bits per heavy atom. The number of fused-ring (bicyclic) bond motifs is 1. The number of carboxylic acids is 1. The summed E-state index contributed by atoms with van der Waals surface area (Å²) in [7, 11) is -2.35. The van der Waals surface area contributed by atoms with Crippen molar-refractivity contribution in [1.29, 1.82) is 0 Å². The van der Waals surface area contributed by atoms with Gasteiger partial charge in [0.25, 0.3) is 0 Å². The summed E-state index contributed by atoms with van der Waals surface area (Å²) in [6.07, 6.45) is -3.93. The van der Waals surface area contributed by atoms with E-state index in [1.54, 1.807) is 0 Å². The molecule has 1 aromatic carbocycles. The lowest BCUT2D eigenvalue weighted by atomic mass is 10.1. The number of aromatic nitrogens is 3. The molecule has 0 fully saturated rings. The molecule has 2 heterocycles. The highest BCUT2D eigenvalue weighted by Crippen LogP contribution is 2.33. The maximum Gasteiger partial charge on any atom is 0.417 e. The van der Waals surface area contributed by atoms with Gasteiger partial charge in [-0.3, -0.25) is 0 Å². The minimum atomic E-state index is -4.60. The highest BCUT2D eigenvalue weighted by molar-refractivity contribution is 7.91. The van der Waals surface area contributed by atoms with Crippen molar-refractivity contribution in [2.24, 2.45) is 7.05 Å². The zero-order valence-corrected chi connectivity index (χ0v) is 15.5. The van der Waals surface area contributed by atoms with Crippen molar-refractivity contribution in [3.63, 3.8) is 0 Å². The minimum Gasteiger partial charge on any atom is -0.478 e. The number of pyridine rings is 1. The molecule has 28 heavy (non-hydrogen) atoms. The van der Waals surface area contributed by atoms with E-state index in [0.717, 1.165) is 12.1 Å². The molecule has 2 aromatic heterocycles. The largest absolute Gasteiger partial charge is 0.478 e. The van der Waals surface area contributed by atoms with Crippen LogP contribution >= 0.6 is 0 Å². The van der Waals surface area contributed by atoms with E-state index in [-0.39, 0.29) is 38.8 Å². The number of rotatable bonds is 4. The van der Waals surface area contributed by atoms with Crippen LogP contribution < -0.4 is 0 Å². The van der Waals surface area contributed by atoms with Crippen LogP contribution in [0.15, 0.2) is 35.4 Å². The summed E-state index contributed by atoms with van der Waals surface area (Å²) in [6.45, 7) is 1.40. The summed E-state index contributed by atoms with van der Waals surface area (Å²) in [5.41, 5.74) is -1.06. The van der Waals surface area contributed by atoms with Crippen LogP contribution in [-0.2, 0) is 23.1 Å². The van der Waals surface area contributed by atoms with Crippen molar-refractivity contribution in [1.82, 2.24) is 14.5 Å². The molecule has 11 heteroatoms. The Morgan fingerprint density at radius 2 is 1.93 bits per heavy atom. The van der Waals surface area contributed by atoms with Gasteiger partial charge < -0.3 is 9.67 Å². The van der Waals surface area contributed by atoms with E-state index in [9.17, 15) is 26.4 Å². The molecule has 0 saturated heterocycles. The van der Waals surface area contributed by atoms with Gasteiger partial charge in [0.1, 0.15) is 11.3 Å². The van der Waals surface area contributed by atoms with Crippen LogP contribution in [-0.4, -0.2) is 39.8 Å². The van der Waals surface area contributed by atoms with Gasteiger partial charge in [0, 0.05) is 18.8 Å². The number of imidazole rings is 1. The van der Waals surface area contributed by atoms with E-state index >= 15 is 0 Å². The Hall–Kier alpha value is -2.95. The molecule has 0 unspecified atom stereocenters. The summed E-state index contributed by atoms with van der Waals surface area (Å²) in [4.78, 5) is 18.9. The normalized spacial score (nSPS) is 12.5. The first-order chi connectivity index (χ1) is 13.0. The molecular formula is C17H14F3N3O4S. The number of aromatic carboxylic acids is 1. The van der Waals surface area contributed by atoms with Gasteiger partial charge in [0.2, 0.25) is 0 Å². The molecular weight excluding hydrogens is 399 g/mol. The predicted molar refractivity (Wildman–Crippen MR) is 93.6 cm³/mol. The molecule has 3 aromatic rings. The Morgan fingerprint density at radius 1 is 1.25 bits per heavy atom. The molecule has 0 spiro atoms. The molecule has 0 radical (unpaired) electrons. The number of benzene rings is 1. The lowest BCUT2D eigenvalue weighted by Gasteiger charge is -2.10. The fourth-order valence-corrected chi connectivity index (χ4v) is 3.84. The van der Waals surface area contributed by atoms with Gasteiger partial charge in [-0.1, -0.05) is 6.92 Å². The van der Waals surface area contributed by atoms with Crippen LogP contribution in [0.4, 0.5) is 13.2 Å². The van der Waals surface area contributed by atoms with E-state index in [4.69, 9.17) is 5.11 Å². The van der Waals surface area contributed by atoms with Gasteiger partial charge in [0.05, 0.1) is 21.8 Å². The van der Waals surface area contributed by atoms with Crippen LogP contribution in [0.1, 0.15) is 22.8 Å². The molecule has 0 aliphatic heterocycles. The van der Waals surface area contributed by atoms with Crippen LogP contribution in [0.5, 0.6) is 0 Å². The summed E-state index contributed by atoms with van der Waals surface area (Å²) in [5.74, 6) is -1.53. The fraction of sp³-hybridized carbons (Fsp3) is 0.235. The highest BCUT2D eigenvalue weighted by Gasteiger charge is 2.32. The smallest absolute Gasteiger partial charge is 0.417 e. The van der Waals surface area contributed by atoms with Gasteiger partial charge in [-0.05, 0) is 24.3 Å². The fourth-order valence-electron chi connectivity index (χ4n) is 2.72. The van der Waals surface area contributed by atoms with Gasteiger partial charge in [-0.15, -0.1) is 0 Å². The molecule has 3 rings (SSSR count). The SMILES string of the molecule is CCS(=O)(=O)c1cc(C(=O)O)ccc1-c1nc2cc(C(F)(F)F)cnc2n1C. The third-order valence-electron chi connectivity index (χ3n) is 4.22. The average Bonchev–Trinajstić information content (AvgIpc) is 2.96. The topological polar surface area (TPSA) is 102 Å². The molecule has 1 N–H and O–H groups in total. The van der Waals surface area contributed by atoms with Crippen molar-refractivity contribution in [2.75, 3.05) is 5.75 Å². The van der Waals surface area contributed by atoms with Gasteiger partial charge >= 0.3 is 12.1 Å². The zero-order chi connectivity index (χ0) is 20.9. The number of aryl methyl sites for hydroxylation is 1. The summed E-state index contributed by atoms with van der Waals surface area (Å²) >= 11 is 0. The van der Waals surface area contributed by atoms with Crippen molar-refractivity contribution in [3.8, 4) is 11.4 Å². The van der Waals surface area contributed by atoms with E-state index in [2.05, 4.69) is 9.97 Å². The maximum absolute atomic E-state index is 12.9. The van der Waals surface area contributed by atoms with E-state index in [0.29, 0.717) is 6.20 Å². The molecule has 0 bridgehead atoms. The summed E-state index contributed by atoms with van der Waals surface area (Å²) < 4.78 is 65.1. The van der Waals surface area contributed by atoms with Crippen LogP contribution in [0, 0.1) is 0 Å². The maximum atomic E-state index is 12.9. The lowest BCUT2D eigenvalue weighted by Crippen LogP contribution is -2.09. The second-order valence-electron chi connectivity index (χ2n) is 5.98. The molecule has 7 nitrogen and oxygen atoms in total. The standard InChI is InChI=1S/C17H14F3N3O4S/c1-3-28(26,27)13-6-9(16(24)25)4-5-11(13)14-22-12-7-10(17(18,19)20)8-21-15(12)23(14)2/h4-8H,3H2,1-2H3,(H,24,25). The molecule has 0 atom stereocenters. The Bertz CT molecular complexity index is 1200. The number of carbonyl (C=O) groups is 1. The number of nitrogens with zero attached hydrogens (tertiary/aromatic N) is 3. The molecule has 0 saturated carbocycles.